The molecule has 0 atom stereocenters. The zero-order valence-electron chi connectivity index (χ0n) is 14.1. The van der Waals surface area contributed by atoms with Crippen LogP contribution in [0.4, 0.5) is 0 Å². The van der Waals surface area contributed by atoms with Crippen molar-refractivity contribution in [1.82, 2.24) is 5.32 Å². The van der Waals surface area contributed by atoms with Gasteiger partial charge in [-0.25, -0.2) is 0 Å². The van der Waals surface area contributed by atoms with E-state index >= 15 is 0 Å². The molecule has 0 spiro atoms. The summed E-state index contributed by atoms with van der Waals surface area (Å²) in [5.41, 5.74) is 5.04. The van der Waals surface area contributed by atoms with Gasteiger partial charge in [-0.2, -0.15) is 11.8 Å². The first-order chi connectivity index (χ1) is 11.4. The maximum Gasteiger partial charge on any atom is 0.251 e. The number of hydrogen-bond acceptors (Lipinski definition) is 2. The van der Waals surface area contributed by atoms with E-state index in [-0.39, 0.29) is 5.91 Å². The molecule has 2 aromatic carbocycles. The molecule has 0 aliphatic carbocycles. The average Bonchev–Trinajstić information content (AvgIpc) is 2.52. The molecular formula is C19H21Cl2NOS. The lowest BCUT2D eigenvalue weighted by molar-refractivity contribution is 0.0955. The van der Waals surface area contributed by atoms with Crippen LogP contribution in [0, 0.1) is 20.8 Å². The van der Waals surface area contributed by atoms with E-state index in [0.29, 0.717) is 16.6 Å². The van der Waals surface area contributed by atoms with Gasteiger partial charge >= 0.3 is 0 Å². The van der Waals surface area contributed by atoms with E-state index < -0.39 is 0 Å². The number of rotatable bonds is 6. The van der Waals surface area contributed by atoms with Crippen LogP contribution in [-0.4, -0.2) is 18.2 Å². The van der Waals surface area contributed by atoms with Gasteiger partial charge in [0.15, 0.2) is 0 Å². The molecule has 0 aromatic heterocycles. The minimum Gasteiger partial charge on any atom is -0.351 e. The maximum absolute atomic E-state index is 12.3. The fourth-order valence-corrected chi connectivity index (χ4v) is 3.98. The van der Waals surface area contributed by atoms with Crippen LogP contribution >= 0.6 is 35.0 Å². The van der Waals surface area contributed by atoms with Crippen molar-refractivity contribution in [2.45, 2.75) is 26.5 Å². The number of aryl methyl sites for hydroxylation is 3. The highest BCUT2D eigenvalue weighted by Gasteiger charge is 2.10. The molecule has 0 unspecified atom stereocenters. The van der Waals surface area contributed by atoms with Crippen molar-refractivity contribution in [3.63, 3.8) is 0 Å². The Morgan fingerprint density at radius 2 is 1.67 bits per heavy atom. The second-order valence-corrected chi connectivity index (χ2v) is 7.68. The van der Waals surface area contributed by atoms with Crippen LogP contribution in [0.25, 0.3) is 0 Å². The van der Waals surface area contributed by atoms with Gasteiger partial charge in [0.1, 0.15) is 0 Å². The van der Waals surface area contributed by atoms with Crippen LogP contribution in [0.1, 0.15) is 32.6 Å². The average molecular weight is 382 g/mol. The first-order valence-electron chi connectivity index (χ1n) is 7.77. The van der Waals surface area contributed by atoms with Gasteiger partial charge in [0.05, 0.1) is 0 Å². The Kier molecular flexibility index (Phi) is 7.02. The number of thioether (sulfide) groups is 1. The van der Waals surface area contributed by atoms with Gasteiger partial charge in [0, 0.05) is 33.7 Å². The molecule has 128 valence electrons. The molecule has 0 heterocycles. The van der Waals surface area contributed by atoms with E-state index in [9.17, 15) is 4.79 Å². The smallest absolute Gasteiger partial charge is 0.251 e. The third kappa shape index (κ3) is 4.92. The van der Waals surface area contributed by atoms with Crippen LogP contribution in [0.15, 0.2) is 30.3 Å². The lowest BCUT2D eigenvalue weighted by atomic mass is 10.0. The summed E-state index contributed by atoms with van der Waals surface area (Å²) in [4.78, 5) is 12.3. The summed E-state index contributed by atoms with van der Waals surface area (Å²) in [5, 5.41) is 4.35. The van der Waals surface area contributed by atoms with Crippen molar-refractivity contribution < 1.29 is 4.79 Å². The van der Waals surface area contributed by atoms with E-state index in [2.05, 4.69) is 18.3 Å². The van der Waals surface area contributed by atoms with Gasteiger partial charge in [0.25, 0.3) is 5.91 Å². The lowest BCUT2D eigenvalue weighted by Crippen LogP contribution is -2.26. The Bertz CT molecular complexity index is 726. The van der Waals surface area contributed by atoms with Gasteiger partial charge < -0.3 is 5.32 Å². The molecule has 2 rings (SSSR count). The van der Waals surface area contributed by atoms with E-state index in [4.69, 9.17) is 23.2 Å². The number of carbonyl (C=O) groups is 1. The van der Waals surface area contributed by atoms with E-state index in [0.717, 1.165) is 33.8 Å². The second-order valence-electron chi connectivity index (χ2n) is 5.76. The molecule has 0 saturated heterocycles. The number of carbonyl (C=O) groups excluding carboxylic acids is 1. The minimum absolute atomic E-state index is 0.0213. The molecule has 0 aliphatic heterocycles. The molecule has 2 aromatic rings. The van der Waals surface area contributed by atoms with Crippen molar-refractivity contribution in [3.05, 3.63) is 68.2 Å². The monoisotopic (exact) mass is 381 g/mol. The highest BCUT2D eigenvalue weighted by atomic mass is 35.5. The summed E-state index contributed by atoms with van der Waals surface area (Å²) < 4.78 is 0. The summed E-state index contributed by atoms with van der Waals surface area (Å²) in [5.74, 6) is 1.51. The molecule has 0 fully saturated rings. The topological polar surface area (TPSA) is 29.1 Å². The van der Waals surface area contributed by atoms with Gasteiger partial charge in [-0.1, -0.05) is 35.3 Å². The Hall–Kier alpha value is -1.16. The third-order valence-electron chi connectivity index (χ3n) is 3.93. The van der Waals surface area contributed by atoms with Crippen LogP contribution < -0.4 is 5.32 Å². The predicted molar refractivity (Wildman–Crippen MR) is 106 cm³/mol. The zero-order valence-corrected chi connectivity index (χ0v) is 16.4. The minimum atomic E-state index is -0.0213. The highest BCUT2D eigenvalue weighted by molar-refractivity contribution is 7.98. The molecule has 0 bridgehead atoms. The van der Waals surface area contributed by atoms with Gasteiger partial charge in [-0.05, 0) is 61.2 Å². The third-order valence-corrected chi connectivity index (χ3v) is 5.62. The summed E-state index contributed by atoms with van der Waals surface area (Å²) >= 11 is 14.0. The summed E-state index contributed by atoms with van der Waals surface area (Å²) in [7, 11) is 0. The summed E-state index contributed by atoms with van der Waals surface area (Å²) in [6, 6.07) is 9.53. The van der Waals surface area contributed by atoms with Crippen molar-refractivity contribution in [3.8, 4) is 0 Å². The Balaban J connectivity index is 1.82. The van der Waals surface area contributed by atoms with Crippen molar-refractivity contribution in [2.75, 3.05) is 12.3 Å². The fourth-order valence-electron chi connectivity index (χ4n) is 2.38. The van der Waals surface area contributed by atoms with Crippen molar-refractivity contribution in [2.24, 2.45) is 0 Å². The standard InChI is InChI=1S/C19H21Cl2NOS/c1-12-9-14(3)15(10-13(12)2)19(23)22-7-8-24-11-16-17(20)5-4-6-18(16)21/h4-6,9-10H,7-8,11H2,1-3H3,(H,22,23). The summed E-state index contributed by atoms with van der Waals surface area (Å²) in [6.45, 7) is 6.66. The lowest BCUT2D eigenvalue weighted by Gasteiger charge is -2.11. The largest absolute Gasteiger partial charge is 0.351 e. The first kappa shape index (κ1) is 19.2. The van der Waals surface area contributed by atoms with E-state index in [1.165, 1.54) is 5.56 Å². The molecule has 1 amide bonds. The molecule has 0 aliphatic rings. The predicted octanol–water partition coefficient (Wildman–Crippen LogP) is 5.58. The quantitative estimate of drug-likeness (QED) is 0.661. The van der Waals surface area contributed by atoms with Crippen molar-refractivity contribution >= 4 is 40.9 Å². The van der Waals surface area contributed by atoms with E-state index in [1.54, 1.807) is 11.8 Å². The molecule has 1 N–H and O–H groups in total. The SMILES string of the molecule is Cc1cc(C)c(C(=O)NCCSCc2c(Cl)cccc2Cl)cc1C. The zero-order chi connectivity index (χ0) is 17.7. The maximum atomic E-state index is 12.3. The van der Waals surface area contributed by atoms with E-state index in [1.807, 2.05) is 38.1 Å². The van der Waals surface area contributed by atoms with Gasteiger partial charge in [-0.3, -0.25) is 4.79 Å². The second kappa shape index (κ2) is 8.80. The summed E-state index contributed by atoms with van der Waals surface area (Å²) in [6.07, 6.45) is 0. The molecule has 0 saturated carbocycles. The molecule has 0 radical (unpaired) electrons. The van der Waals surface area contributed by atoms with Crippen LogP contribution in [0.5, 0.6) is 0 Å². The number of nitrogens with one attached hydrogen (secondary N) is 1. The Morgan fingerprint density at radius 1 is 1.04 bits per heavy atom. The van der Waals surface area contributed by atoms with Crippen LogP contribution in [0.3, 0.4) is 0 Å². The highest BCUT2D eigenvalue weighted by Crippen LogP contribution is 2.28. The molecule has 5 heteroatoms. The van der Waals surface area contributed by atoms with Crippen LogP contribution in [-0.2, 0) is 5.75 Å². The molecule has 24 heavy (non-hydrogen) atoms. The first-order valence-corrected chi connectivity index (χ1v) is 9.68. The Morgan fingerprint density at radius 3 is 2.33 bits per heavy atom. The van der Waals surface area contributed by atoms with Crippen LogP contribution in [0.2, 0.25) is 10.0 Å². The molecule has 2 nitrogen and oxygen atoms in total. The normalized spacial score (nSPS) is 10.7. The number of amides is 1. The number of hydrogen-bond donors (Lipinski definition) is 1. The Labute approximate surface area is 157 Å². The molecular weight excluding hydrogens is 361 g/mol. The van der Waals surface area contributed by atoms with Gasteiger partial charge in [-0.15, -0.1) is 0 Å². The number of halogens is 2. The van der Waals surface area contributed by atoms with Crippen molar-refractivity contribution in [1.29, 1.82) is 0 Å². The fraction of sp³-hybridized carbons (Fsp3) is 0.316. The van der Waals surface area contributed by atoms with Gasteiger partial charge in [0.2, 0.25) is 0 Å². The number of benzene rings is 2.